The van der Waals surface area contributed by atoms with E-state index in [2.05, 4.69) is 44.2 Å². The van der Waals surface area contributed by atoms with Gasteiger partial charge in [0.15, 0.2) is 0 Å². The van der Waals surface area contributed by atoms with Gasteiger partial charge in [-0.2, -0.15) is 15.0 Å². The van der Waals surface area contributed by atoms with E-state index in [9.17, 15) is 0 Å². The molecule has 2 aromatic rings. The summed E-state index contributed by atoms with van der Waals surface area (Å²) in [5.41, 5.74) is 3.20. The molecule has 1 aliphatic rings. The molecule has 1 heterocycles. The van der Waals surface area contributed by atoms with Crippen LogP contribution in [0.3, 0.4) is 0 Å². The van der Waals surface area contributed by atoms with Crippen LogP contribution in [-0.4, -0.2) is 15.0 Å². The van der Waals surface area contributed by atoms with Crippen molar-refractivity contribution in [2.45, 2.75) is 96.4 Å². The van der Waals surface area contributed by atoms with Crippen LogP contribution < -0.4 is 0 Å². The first-order valence-electron chi connectivity index (χ1n) is 11.4. The van der Waals surface area contributed by atoms with Gasteiger partial charge in [-0.3, -0.25) is 0 Å². The smallest absolute Gasteiger partial charge is 0.113 e. The average molecular weight is 380 g/mol. The summed E-state index contributed by atoms with van der Waals surface area (Å²) in [5, 5.41) is 9.67. The predicted molar refractivity (Wildman–Crippen MR) is 119 cm³/mol. The van der Waals surface area contributed by atoms with E-state index in [-0.39, 0.29) is 5.54 Å². The minimum absolute atomic E-state index is 0.0992. The zero-order chi connectivity index (χ0) is 19.7. The molecule has 0 aliphatic heterocycles. The Labute approximate surface area is 170 Å². The monoisotopic (exact) mass is 379 g/mol. The van der Waals surface area contributed by atoms with E-state index in [0.29, 0.717) is 0 Å². The average Bonchev–Trinajstić information content (AvgIpc) is 3.14. The first-order valence-corrected chi connectivity index (χ1v) is 11.4. The fourth-order valence-corrected chi connectivity index (χ4v) is 4.37. The Hall–Kier alpha value is -1.90. The fourth-order valence-electron chi connectivity index (χ4n) is 4.37. The lowest BCUT2D eigenvalue weighted by molar-refractivity contribution is 0.266. The summed E-state index contributed by atoms with van der Waals surface area (Å²) in [5.74, 6) is 0. The van der Waals surface area contributed by atoms with E-state index >= 15 is 0 Å². The number of allylic oxidation sites excluding steroid dienone is 4. The van der Waals surface area contributed by atoms with Crippen LogP contribution in [0.4, 0.5) is 0 Å². The van der Waals surface area contributed by atoms with Gasteiger partial charge in [0.25, 0.3) is 0 Å². The molecule has 3 rings (SSSR count). The van der Waals surface area contributed by atoms with Crippen molar-refractivity contribution in [3.8, 4) is 0 Å². The van der Waals surface area contributed by atoms with Gasteiger partial charge in [0.1, 0.15) is 16.6 Å². The van der Waals surface area contributed by atoms with Gasteiger partial charge < -0.3 is 0 Å². The van der Waals surface area contributed by atoms with Crippen LogP contribution in [0.5, 0.6) is 0 Å². The molecule has 1 aliphatic carbocycles. The molecule has 3 heteroatoms. The van der Waals surface area contributed by atoms with Crippen molar-refractivity contribution in [3.63, 3.8) is 0 Å². The summed E-state index contributed by atoms with van der Waals surface area (Å²) in [4.78, 5) is 2.00. The minimum Gasteiger partial charge on any atom is -0.173 e. The molecule has 1 atom stereocenters. The third-order valence-corrected chi connectivity index (χ3v) is 6.00. The number of rotatable bonds is 12. The molecule has 1 unspecified atom stereocenters. The van der Waals surface area contributed by atoms with Crippen LogP contribution >= 0.6 is 0 Å². The van der Waals surface area contributed by atoms with Gasteiger partial charge in [-0.15, -0.1) is 0 Å². The third-order valence-electron chi connectivity index (χ3n) is 6.00. The van der Waals surface area contributed by atoms with Gasteiger partial charge in [-0.1, -0.05) is 107 Å². The Balaban J connectivity index is 1.52. The van der Waals surface area contributed by atoms with Crippen molar-refractivity contribution in [2.75, 3.05) is 0 Å². The maximum absolute atomic E-state index is 4.83. The van der Waals surface area contributed by atoms with Crippen molar-refractivity contribution in [1.29, 1.82) is 0 Å². The van der Waals surface area contributed by atoms with E-state index in [0.717, 1.165) is 23.9 Å². The molecule has 152 valence electrons. The Morgan fingerprint density at radius 2 is 1.43 bits per heavy atom. The van der Waals surface area contributed by atoms with Crippen molar-refractivity contribution in [2.24, 2.45) is 0 Å². The fraction of sp³-hybridized carbons (Fsp3) is 0.600. The molecule has 0 saturated heterocycles. The molecule has 0 N–H and O–H groups in total. The normalized spacial score (nSPS) is 19.3. The van der Waals surface area contributed by atoms with E-state index in [1.54, 1.807) is 0 Å². The number of aromatic nitrogens is 3. The first-order chi connectivity index (χ1) is 13.7. The van der Waals surface area contributed by atoms with Gasteiger partial charge in [0.05, 0.1) is 0 Å². The number of hydrogen-bond acceptors (Lipinski definition) is 2. The van der Waals surface area contributed by atoms with Crippen molar-refractivity contribution >= 4 is 11.0 Å². The highest BCUT2D eigenvalue weighted by molar-refractivity contribution is 5.73. The number of benzene rings is 1. The predicted octanol–water partition coefficient (Wildman–Crippen LogP) is 7.34. The molecule has 3 nitrogen and oxygen atoms in total. The van der Waals surface area contributed by atoms with Gasteiger partial charge in [-0.05, 0) is 31.9 Å². The van der Waals surface area contributed by atoms with Gasteiger partial charge in [0.2, 0.25) is 0 Å². The molecular weight excluding hydrogens is 342 g/mol. The molecular formula is C25H37N3. The molecule has 1 aromatic heterocycles. The van der Waals surface area contributed by atoms with E-state index in [4.69, 9.17) is 10.2 Å². The largest absolute Gasteiger partial charge is 0.173 e. The molecule has 28 heavy (non-hydrogen) atoms. The third kappa shape index (κ3) is 5.56. The highest BCUT2D eigenvalue weighted by atomic mass is 15.5. The second kappa shape index (κ2) is 10.6. The molecule has 0 saturated carbocycles. The summed E-state index contributed by atoms with van der Waals surface area (Å²) in [6, 6.07) is 8.20. The standard InChI is InChI=1S/C25H37N3/c1-3-4-5-6-7-8-9-10-11-14-19-25(20-15-16-22(2)21-25)28-26-23-17-12-13-18-24(23)27-28/h12-13,15-18,21H,3-11,14,19-20H2,1-2H3. The SMILES string of the molecule is CCCCCCCCCCCCC1(n2nc3ccccc3n2)C=C(C)C=CC1. The Kier molecular flexibility index (Phi) is 7.88. The number of fused-ring (bicyclic) bond motifs is 1. The molecule has 0 amide bonds. The summed E-state index contributed by atoms with van der Waals surface area (Å²) in [7, 11) is 0. The summed E-state index contributed by atoms with van der Waals surface area (Å²) >= 11 is 0. The topological polar surface area (TPSA) is 30.7 Å². The summed E-state index contributed by atoms with van der Waals surface area (Å²) < 4.78 is 0. The quantitative estimate of drug-likeness (QED) is 0.361. The lowest BCUT2D eigenvalue weighted by Crippen LogP contribution is -2.34. The second-order valence-corrected chi connectivity index (χ2v) is 8.51. The van der Waals surface area contributed by atoms with Crippen molar-refractivity contribution < 1.29 is 0 Å². The molecule has 0 fully saturated rings. The Morgan fingerprint density at radius 3 is 2.00 bits per heavy atom. The number of nitrogens with zero attached hydrogens (tertiary/aromatic N) is 3. The second-order valence-electron chi connectivity index (χ2n) is 8.51. The van der Waals surface area contributed by atoms with Crippen molar-refractivity contribution in [1.82, 2.24) is 15.0 Å². The maximum atomic E-state index is 4.83. The Morgan fingerprint density at radius 1 is 0.857 bits per heavy atom. The van der Waals surface area contributed by atoms with E-state index in [1.165, 1.54) is 69.8 Å². The molecule has 1 aromatic carbocycles. The first kappa shape index (κ1) is 20.8. The number of hydrogen-bond donors (Lipinski definition) is 0. The summed E-state index contributed by atoms with van der Waals surface area (Å²) in [6.07, 6.45) is 22.7. The van der Waals surface area contributed by atoms with Crippen LogP contribution in [0.2, 0.25) is 0 Å². The highest BCUT2D eigenvalue weighted by Gasteiger charge is 2.32. The van der Waals surface area contributed by atoms with Gasteiger partial charge >= 0.3 is 0 Å². The maximum Gasteiger partial charge on any atom is 0.113 e. The highest BCUT2D eigenvalue weighted by Crippen LogP contribution is 2.34. The minimum atomic E-state index is -0.0992. The van der Waals surface area contributed by atoms with Gasteiger partial charge in [-0.25, -0.2) is 0 Å². The van der Waals surface area contributed by atoms with Crippen LogP contribution in [0, 0.1) is 0 Å². The molecule has 0 bridgehead atoms. The van der Waals surface area contributed by atoms with Crippen LogP contribution in [-0.2, 0) is 5.54 Å². The lowest BCUT2D eigenvalue weighted by Gasteiger charge is -2.31. The van der Waals surface area contributed by atoms with E-state index < -0.39 is 0 Å². The summed E-state index contributed by atoms with van der Waals surface area (Å²) in [6.45, 7) is 4.47. The lowest BCUT2D eigenvalue weighted by atomic mass is 9.84. The van der Waals surface area contributed by atoms with Crippen LogP contribution in [0.25, 0.3) is 11.0 Å². The van der Waals surface area contributed by atoms with Crippen LogP contribution in [0.1, 0.15) is 90.9 Å². The molecule has 0 radical (unpaired) electrons. The van der Waals surface area contributed by atoms with Gasteiger partial charge in [0, 0.05) is 0 Å². The zero-order valence-electron chi connectivity index (χ0n) is 17.9. The Bertz CT molecular complexity index is 753. The van der Waals surface area contributed by atoms with E-state index in [1.807, 2.05) is 16.9 Å². The van der Waals surface area contributed by atoms with Crippen molar-refractivity contribution in [3.05, 3.63) is 48.1 Å². The molecule has 0 spiro atoms. The number of unbranched alkanes of at least 4 members (excludes halogenated alkanes) is 9. The van der Waals surface area contributed by atoms with Crippen LogP contribution in [0.15, 0.2) is 48.1 Å². The zero-order valence-corrected chi connectivity index (χ0v) is 17.9.